The fourth-order valence-electron chi connectivity index (χ4n) is 4.06. The van der Waals surface area contributed by atoms with Crippen molar-refractivity contribution < 1.29 is 14.0 Å². The van der Waals surface area contributed by atoms with Crippen LogP contribution in [0.5, 0.6) is 0 Å². The molecular weight excluding hydrogens is 418 g/mol. The number of nitrogens with zero attached hydrogens (tertiary/aromatic N) is 3. The smallest absolute Gasteiger partial charge is 0.291 e. The standard InChI is InChI=1S/C25H21N5O3/c1-15-22-19(29-30-24(31)20-8-2-3-13-27-20)11-5-12-21(22)33-23(15)25(32)28-18-10-4-9-17-16(18)7-6-14-26-17/h2-4,6-10,13-14H,5,11-12H2,1H3,(H,28,32)(H,30,31)/b29-19+. The van der Waals surface area contributed by atoms with Gasteiger partial charge in [-0.25, -0.2) is 5.43 Å². The second-order valence-electron chi connectivity index (χ2n) is 7.75. The second-order valence-corrected chi connectivity index (χ2v) is 7.75. The van der Waals surface area contributed by atoms with Gasteiger partial charge in [-0.1, -0.05) is 12.1 Å². The van der Waals surface area contributed by atoms with Crippen LogP contribution in [0.2, 0.25) is 0 Å². The molecule has 2 amide bonds. The summed E-state index contributed by atoms with van der Waals surface area (Å²) in [4.78, 5) is 33.8. The van der Waals surface area contributed by atoms with Crippen LogP contribution in [0.1, 0.15) is 50.8 Å². The normalized spacial score (nSPS) is 14.2. The van der Waals surface area contributed by atoms with Crippen LogP contribution in [0.4, 0.5) is 5.69 Å². The largest absolute Gasteiger partial charge is 0.455 e. The summed E-state index contributed by atoms with van der Waals surface area (Å²) in [5.74, 6) is 0.217. The lowest BCUT2D eigenvalue weighted by Gasteiger charge is -2.13. The van der Waals surface area contributed by atoms with Crippen LogP contribution < -0.4 is 10.7 Å². The zero-order chi connectivity index (χ0) is 22.8. The Morgan fingerprint density at radius 1 is 0.970 bits per heavy atom. The van der Waals surface area contributed by atoms with Crippen LogP contribution in [0.25, 0.3) is 10.9 Å². The van der Waals surface area contributed by atoms with E-state index in [1.807, 2.05) is 37.3 Å². The van der Waals surface area contributed by atoms with Crippen LogP contribution in [0.15, 0.2) is 70.4 Å². The Bertz CT molecular complexity index is 1390. The van der Waals surface area contributed by atoms with Gasteiger partial charge in [0.05, 0.1) is 16.9 Å². The van der Waals surface area contributed by atoms with Crippen molar-refractivity contribution in [1.29, 1.82) is 0 Å². The van der Waals surface area contributed by atoms with Gasteiger partial charge in [-0.05, 0) is 56.2 Å². The summed E-state index contributed by atoms with van der Waals surface area (Å²) in [6, 6.07) is 14.4. The Hall–Kier alpha value is -4.33. The lowest BCUT2D eigenvalue weighted by atomic mass is 9.93. The predicted octanol–water partition coefficient (Wildman–Crippen LogP) is 4.25. The third-order valence-corrected chi connectivity index (χ3v) is 5.62. The van der Waals surface area contributed by atoms with E-state index in [0.717, 1.165) is 22.9 Å². The van der Waals surface area contributed by atoms with Crippen LogP contribution in [0.3, 0.4) is 0 Å². The van der Waals surface area contributed by atoms with Gasteiger partial charge in [-0.2, -0.15) is 5.10 Å². The molecular formula is C25H21N5O3. The molecule has 0 atom stereocenters. The van der Waals surface area contributed by atoms with Crippen molar-refractivity contribution in [3.8, 4) is 0 Å². The Labute approximate surface area is 189 Å². The van der Waals surface area contributed by atoms with Crippen molar-refractivity contribution in [2.24, 2.45) is 5.10 Å². The summed E-state index contributed by atoms with van der Waals surface area (Å²) >= 11 is 0. The molecule has 0 aliphatic heterocycles. The van der Waals surface area contributed by atoms with Gasteiger partial charge in [-0.15, -0.1) is 0 Å². The summed E-state index contributed by atoms with van der Waals surface area (Å²) in [6.45, 7) is 1.84. The zero-order valence-corrected chi connectivity index (χ0v) is 18.0. The minimum Gasteiger partial charge on any atom is -0.455 e. The molecule has 1 aromatic carbocycles. The number of amides is 2. The Kier molecular flexibility index (Phi) is 5.40. The number of hydrazone groups is 1. The first-order chi connectivity index (χ1) is 16.1. The third kappa shape index (κ3) is 3.98. The summed E-state index contributed by atoms with van der Waals surface area (Å²) in [7, 11) is 0. The highest BCUT2D eigenvalue weighted by atomic mass is 16.4. The molecule has 0 spiro atoms. The molecule has 8 heteroatoms. The minimum absolute atomic E-state index is 0.242. The topological polar surface area (TPSA) is 109 Å². The van der Waals surface area contributed by atoms with Crippen LogP contribution in [-0.4, -0.2) is 27.5 Å². The molecule has 0 saturated carbocycles. The molecule has 0 radical (unpaired) electrons. The van der Waals surface area contributed by atoms with Gasteiger partial charge in [0, 0.05) is 35.3 Å². The first kappa shape index (κ1) is 20.6. The quantitative estimate of drug-likeness (QED) is 0.462. The number of furan rings is 1. The molecule has 3 aromatic heterocycles. The van der Waals surface area contributed by atoms with Gasteiger partial charge in [0.2, 0.25) is 0 Å². The van der Waals surface area contributed by atoms with Crippen LogP contribution in [0, 0.1) is 6.92 Å². The van der Waals surface area contributed by atoms with Crippen molar-refractivity contribution in [3.63, 3.8) is 0 Å². The number of aromatic nitrogens is 2. The third-order valence-electron chi connectivity index (χ3n) is 5.62. The van der Waals surface area contributed by atoms with Crippen molar-refractivity contribution in [2.45, 2.75) is 26.2 Å². The van der Waals surface area contributed by atoms with E-state index in [0.29, 0.717) is 35.6 Å². The minimum atomic E-state index is -0.390. The molecule has 33 heavy (non-hydrogen) atoms. The van der Waals surface area contributed by atoms with Crippen molar-refractivity contribution in [1.82, 2.24) is 15.4 Å². The molecule has 0 unspecified atom stereocenters. The number of pyridine rings is 2. The van der Waals surface area contributed by atoms with Crippen LogP contribution >= 0.6 is 0 Å². The van der Waals surface area contributed by atoms with Gasteiger partial charge in [0.25, 0.3) is 11.8 Å². The SMILES string of the molecule is Cc1c(C(=O)Nc2cccc3ncccc23)oc2c1/C(=N/NC(=O)c1ccccn1)CCC2. The van der Waals surface area contributed by atoms with Crippen molar-refractivity contribution in [3.05, 3.63) is 89.3 Å². The van der Waals surface area contributed by atoms with Crippen molar-refractivity contribution in [2.75, 3.05) is 5.32 Å². The Balaban J connectivity index is 1.41. The molecule has 3 heterocycles. The fraction of sp³-hybridized carbons (Fsp3) is 0.160. The summed E-state index contributed by atoms with van der Waals surface area (Å²) < 4.78 is 5.97. The summed E-state index contributed by atoms with van der Waals surface area (Å²) in [6.07, 6.45) is 5.46. The number of fused-ring (bicyclic) bond motifs is 2. The van der Waals surface area contributed by atoms with E-state index in [4.69, 9.17) is 4.42 Å². The number of nitrogens with one attached hydrogen (secondary N) is 2. The van der Waals surface area contributed by atoms with E-state index in [2.05, 4.69) is 25.8 Å². The molecule has 0 bridgehead atoms. The molecule has 8 nitrogen and oxygen atoms in total. The fourth-order valence-corrected chi connectivity index (χ4v) is 4.06. The van der Waals surface area contributed by atoms with E-state index < -0.39 is 0 Å². The number of hydrogen-bond acceptors (Lipinski definition) is 6. The zero-order valence-electron chi connectivity index (χ0n) is 18.0. The number of carbonyl (C=O) groups excluding carboxylic acids is 2. The van der Waals surface area contributed by atoms with Gasteiger partial charge >= 0.3 is 0 Å². The molecule has 0 saturated heterocycles. The predicted molar refractivity (Wildman–Crippen MR) is 124 cm³/mol. The molecule has 4 aromatic rings. The van der Waals surface area contributed by atoms with Crippen molar-refractivity contribution >= 4 is 34.1 Å². The lowest BCUT2D eigenvalue weighted by molar-refractivity contribution is 0.0948. The van der Waals surface area contributed by atoms with Gasteiger partial charge in [0.15, 0.2) is 5.76 Å². The maximum atomic E-state index is 13.1. The highest BCUT2D eigenvalue weighted by molar-refractivity contribution is 6.11. The maximum absolute atomic E-state index is 13.1. The van der Waals surface area contributed by atoms with Gasteiger partial charge in [0.1, 0.15) is 11.5 Å². The second kappa shape index (κ2) is 8.66. The van der Waals surface area contributed by atoms with Gasteiger partial charge in [-0.3, -0.25) is 19.6 Å². The van der Waals surface area contributed by atoms with E-state index in [9.17, 15) is 9.59 Å². The highest BCUT2D eigenvalue weighted by Crippen LogP contribution is 2.31. The molecule has 1 aliphatic rings. The summed E-state index contributed by atoms with van der Waals surface area (Å²) in [5, 5.41) is 8.13. The number of hydrogen-bond donors (Lipinski definition) is 2. The number of carbonyl (C=O) groups is 2. The molecule has 5 rings (SSSR count). The number of rotatable bonds is 4. The van der Waals surface area contributed by atoms with E-state index in [1.54, 1.807) is 30.6 Å². The van der Waals surface area contributed by atoms with Crippen LogP contribution in [-0.2, 0) is 6.42 Å². The Morgan fingerprint density at radius 3 is 2.70 bits per heavy atom. The Morgan fingerprint density at radius 2 is 1.85 bits per heavy atom. The average Bonchev–Trinajstić information content (AvgIpc) is 3.20. The number of benzene rings is 1. The van der Waals surface area contributed by atoms with E-state index in [-0.39, 0.29) is 23.3 Å². The molecule has 1 aliphatic carbocycles. The summed E-state index contributed by atoms with van der Waals surface area (Å²) in [5.41, 5.74) is 6.49. The molecule has 2 N–H and O–H groups in total. The van der Waals surface area contributed by atoms with Gasteiger partial charge < -0.3 is 9.73 Å². The van der Waals surface area contributed by atoms with E-state index in [1.165, 1.54) is 0 Å². The maximum Gasteiger partial charge on any atom is 0.291 e. The number of aryl methyl sites for hydroxylation is 1. The lowest BCUT2D eigenvalue weighted by Crippen LogP contribution is -2.22. The molecule has 164 valence electrons. The number of anilines is 1. The molecule has 0 fully saturated rings. The van der Waals surface area contributed by atoms with E-state index >= 15 is 0 Å². The highest BCUT2D eigenvalue weighted by Gasteiger charge is 2.28. The first-order valence-corrected chi connectivity index (χ1v) is 10.7. The monoisotopic (exact) mass is 439 g/mol. The average molecular weight is 439 g/mol. The first-order valence-electron chi connectivity index (χ1n) is 10.7.